The van der Waals surface area contributed by atoms with E-state index in [9.17, 15) is 14.4 Å². The van der Waals surface area contributed by atoms with Crippen LogP contribution in [0.1, 0.15) is 55.2 Å². The van der Waals surface area contributed by atoms with Crippen LogP contribution in [-0.2, 0) is 26.3 Å². The van der Waals surface area contributed by atoms with E-state index in [0.29, 0.717) is 19.1 Å². The molecule has 0 unspecified atom stereocenters. The summed E-state index contributed by atoms with van der Waals surface area (Å²) in [4.78, 5) is 50.6. The van der Waals surface area contributed by atoms with Gasteiger partial charge in [0.1, 0.15) is 0 Å². The minimum absolute atomic E-state index is 0.0186. The van der Waals surface area contributed by atoms with Crippen molar-refractivity contribution in [3.05, 3.63) is 65.5 Å². The van der Waals surface area contributed by atoms with Gasteiger partial charge in [-0.2, -0.15) is 0 Å². The van der Waals surface area contributed by atoms with E-state index in [4.69, 9.17) is 0 Å². The summed E-state index contributed by atoms with van der Waals surface area (Å²) in [6.45, 7) is 5.25. The summed E-state index contributed by atoms with van der Waals surface area (Å²) in [7, 11) is 0. The van der Waals surface area contributed by atoms with Crippen LogP contribution in [-0.4, -0.2) is 69.6 Å². The van der Waals surface area contributed by atoms with E-state index >= 15 is 0 Å². The Morgan fingerprint density at radius 1 is 1.03 bits per heavy atom. The Kier molecular flexibility index (Phi) is 6.69. The molecule has 35 heavy (non-hydrogen) atoms. The van der Waals surface area contributed by atoms with Gasteiger partial charge >= 0.3 is 0 Å². The molecule has 7 heteroatoms. The number of likely N-dealkylation sites (tertiary alicyclic amines) is 1. The molecule has 0 radical (unpaired) electrons. The molecule has 1 aromatic carbocycles. The van der Waals surface area contributed by atoms with Crippen molar-refractivity contribution >= 4 is 17.7 Å². The number of hydrogen-bond acceptors (Lipinski definition) is 5. The summed E-state index contributed by atoms with van der Waals surface area (Å²) in [5, 5.41) is 0. The Labute approximate surface area is 207 Å². The molecule has 3 aliphatic rings. The first kappa shape index (κ1) is 23.7. The number of carbonyl (C=O) groups is 3. The quantitative estimate of drug-likeness (QED) is 0.602. The van der Waals surface area contributed by atoms with E-state index in [2.05, 4.69) is 9.88 Å². The van der Waals surface area contributed by atoms with Crippen molar-refractivity contribution in [1.29, 1.82) is 0 Å². The van der Waals surface area contributed by atoms with Crippen LogP contribution in [0.5, 0.6) is 0 Å². The molecular formula is C28H34N4O3. The summed E-state index contributed by atoms with van der Waals surface area (Å²) in [6.07, 6.45) is 8.49. The van der Waals surface area contributed by atoms with Gasteiger partial charge in [0.2, 0.25) is 17.7 Å². The molecule has 0 bridgehead atoms. The van der Waals surface area contributed by atoms with Crippen molar-refractivity contribution in [3.63, 3.8) is 0 Å². The van der Waals surface area contributed by atoms with E-state index in [1.165, 1.54) is 30.6 Å². The maximum atomic E-state index is 13.9. The number of amides is 3. The highest BCUT2D eigenvalue weighted by Crippen LogP contribution is 2.42. The van der Waals surface area contributed by atoms with Crippen LogP contribution in [0.25, 0.3) is 0 Å². The lowest BCUT2D eigenvalue weighted by atomic mass is 9.74. The van der Waals surface area contributed by atoms with Crippen molar-refractivity contribution in [2.24, 2.45) is 0 Å². The second kappa shape index (κ2) is 9.90. The summed E-state index contributed by atoms with van der Waals surface area (Å²) < 4.78 is 0. The maximum absolute atomic E-state index is 13.9. The van der Waals surface area contributed by atoms with Gasteiger partial charge in [-0.3, -0.25) is 29.2 Å². The lowest BCUT2D eigenvalue weighted by Gasteiger charge is -2.39. The number of aryl methyl sites for hydroxylation is 1. The average Bonchev–Trinajstić information content (AvgIpc) is 3.49. The van der Waals surface area contributed by atoms with Gasteiger partial charge in [-0.25, -0.2) is 0 Å². The average molecular weight is 475 g/mol. The van der Waals surface area contributed by atoms with Gasteiger partial charge in [0.25, 0.3) is 0 Å². The lowest BCUT2D eigenvalue weighted by Crippen LogP contribution is -2.53. The first-order valence-electron chi connectivity index (χ1n) is 12.8. The third kappa shape index (κ3) is 4.61. The zero-order chi connectivity index (χ0) is 24.4. The Morgan fingerprint density at radius 3 is 2.46 bits per heavy atom. The number of carbonyl (C=O) groups excluding carboxylic acids is 3. The number of imide groups is 1. The van der Waals surface area contributed by atoms with Crippen LogP contribution in [0.4, 0.5) is 0 Å². The Balaban J connectivity index is 1.37. The largest absolute Gasteiger partial charge is 0.340 e. The van der Waals surface area contributed by atoms with E-state index in [-0.39, 0.29) is 37.1 Å². The number of rotatable bonds is 6. The Hall–Kier alpha value is -3.06. The monoisotopic (exact) mass is 474 g/mol. The predicted molar refractivity (Wildman–Crippen MR) is 132 cm³/mol. The molecule has 1 saturated carbocycles. The van der Waals surface area contributed by atoms with Gasteiger partial charge in [-0.15, -0.1) is 0 Å². The summed E-state index contributed by atoms with van der Waals surface area (Å²) in [5.74, 6) is -0.553. The Bertz CT molecular complexity index is 1090. The van der Waals surface area contributed by atoms with Crippen LogP contribution >= 0.6 is 0 Å². The van der Waals surface area contributed by atoms with Crippen LogP contribution in [0.2, 0.25) is 0 Å². The van der Waals surface area contributed by atoms with Crippen molar-refractivity contribution in [2.45, 2.75) is 63.5 Å². The predicted octanol–water partition coefficient (Wildman–Crippen LogP) is 3.06. The van der Waals surface area contributed by atoms with Crippen molar-refractivity contribution in [2.75, 3.05) is 26.2 Å². The molecular weight excluding hydrogens is 440 g/mol. The number of benzene rings is 1. The molecule has 1 aliphatic carbocycles. The van der Waals surface area contributed by atoms with Crippen molar-refractivity contribution < 1.29 is 14.4 Å². The van der Waals surface area contributed by atoms with E-state index in [1.807, 2.05) is 42.2 Å². The number of aromatic nitrogens is 1. The number of pyridine rings is 1. The van der Waals surface area contributed by atoms with Crippen LogP contribution in [0, 0.1) is 6.92 Å². The minimum atomic E-state index is -1.16. The molecule has 0 spiro atoms. The normalized spacial score (nSPS) is 23.9. The lowest BCUT2D eigenvalue weighted by molar-refractivity contribution is -0.143. The fourth-order valence-electron chi connectivity index (χ4n) is 6.16. The molecule has 5 rings (SSSR count). The third-order valence-electron chi connectivity index (χ3n) is 8.09. The number of piperazine rings is 1. The summed E-state index contributed by atoms with van der Waals surface area (Å²) in [6, 6.07) is 12.0. The van der Waals surface area contributed by atoms with Gasteiger partial charge in [-0.1, -0.05) is 43.2 Å². The standard InChI is InChI=1S/C28H34N4O3/c1-21-7-2-5-11-24(21)28(18-26(34)32(27(28)35)20-22-8-6-12-29-19-22)17-25(33)31-15-13-30(14-16-31)23-9-3-4-10-23/h2,5-8,11-12,19,23H,3-4,9-10,13-18,20H2,1H3/t28-/m1/s1. The highest BCUT2D eigenvalue weighted by molar-refractivity contribution is 6.10. The van der Waals surface area contributed by atoms with Crippen LogP contribution in [0.3, 0.4) is 0 Å². The first-order valence-corrected chi connectivity index (χ1v) is 12.8. The smallest absolute Gasteiger partial charge is 0.241 e. The Morgan fingerprint density at radius 2 is 1.77 bits per heavy atom. The zero-order valence-electron chi connectivity index (χ0n) is 20.5. The highest BCUT2D eigenvalue weighted by atomic mass is 16.2. The van der Waals surface area contributed by atoms with Crippen LogP contribution in [0.15, 0.2) is 48.8 Å². The second-order valence-electron chi connectivity index (χ2n) is 10.3. The molecule has 3 fully saturated rings. The van der Waals surface area contributed by atoms with Crippen molar-refractivity contribution in [3.8, 4) is 0 Å². The van der Waals surface area contributed by atoms with Crippen LogP contribution < -0.4 is 0 Å². The molecule has 7 nitrogen and oxygen atoms in total. The maximum Gasteiger partial charge on any atom is 0.241 e. The molecule has 2 saturated heterocycles. The third-order valence-corrected chi connectivity index (χ3v) is 8.09. The highest BCUT2D eigenvalue weighted by Gasteiger charge is 2.54. The molecule has 0 N–H and O–H groups in total. The SMILES string of the molecule is Cc1ccccc1[C@@]1(CC(=O)N2CCN(C3CCCC3)CC2)CC(=O)N(Cc2cccnc2)C1=O. The topological polar surface area (TPSA) is 73.8 Å². The van der Waals surface area contributed by atoms with Gasteiger partial charge in [0.15, 0.2) is 0 Å². The summed E-state index contributed by atoms with van der Waals surface area (Å²) >= 11 is 0. The van der Waals surface area contributed by atoms with Gasteiger partial charge in [-0.05, 0) is 42.5 Å². The van der Waals surface area contributed by atoms with Crippen molar-refractivity contribution in [1.82, 2.24) is 19.7 Å². The summed E-state index contributed by atoms with van der Waals surface area (Å²) in [5.41, 5.74) is 1.34. The van der Waals surface area contributed by atoms with E-state index < -0.39 is 5.41 Å². The molecule has 184 valence electrons. The molecule has 3 amide bonds. The second-order valence-corrected chi connectivity index (χ2v) is 10.3. The molecule has 2 aliphatic heterocycles. The zero-order valence-corrected chi connectivity index (χ0v) is 20.5. The number of nitrogens with zero attached hydrogens (tertiary/aromatic N) is 4. The fraction of sp³-hybridized carbons (Fsp3) is 0.500. The molecule has 2 aromatic rings. The van der Waals surface area contributed by atoms with E-state index in [0.717, 1.165) is 29.8 Å². The van der Waals surface area contributed by atoms with Gasteiger partial charge in [0.05, 0.1) is 12.0 Å². The first-order chi connectivity index (χ1) is 17.0. The van der Waals surface area contributed by atoms with E-state index in [1.54, 1.807) is 18.5 Å². The fourth-order valence-corrected chi connectivity index (χ4v) is 6.16. The minimum Gasteiger partial charge on any atom is -0.340 e. The number of hydrogen-bond donors (Lipinski definition) is 0. The van der Waals surface area contributed by atoms with Gasteiger partial charge in [0, 0.05) is 57.5 Å². The van der Waals surface area contributed by atoms with Gasteiger partial charge < -0.3 is 4.90 Å². The molecule has 1 aromatic heterocycles. The molecule has 1 atom stereocenters. The molecule has 3 heterocycles.